The van der Waals surface area contributed by atoms with Crippen molar-refractivity contribution in [3.8, 4) is 5.75 Å². The number of hydrogen-bond acceptors (Lipinski definition) is 4. The summed E-state index contributed by atoms with van der Waals surface area (Å²) in [4.78, 5) is 22.1. The summed E-state index contributed by atoms with van der Waals surface area (Å²) in [5, 5.41) is 13.3. The van der Waals surface area contributed by atoms with Gasteiger partial charge in [-0.1, -0.05) is 37.6 Å². The minimum Gasteiger partial charge on any atom is -0.484 e. The second-order valence-corrected chi connectivity index (χ2v) is 6.04. The predicted octanol–water partition coefficient (Wildman–Crippen LogP) is 4.78. The van der Waals surface area contributed by atoms with Gasteiger partial charge in [-0.25, -0.2) is 0 Å². The molecule has 1 atom stereocenters. The fourth-order valence-corrected chi connectivity index (χ4v) is 2.40. The van der Waals surface area contributed by atoms with Gasteiger partial charge < -0.3 is 10.1 Å². The Balaban J connectivity index is 1.91. The molecule has 25 heavy (non-hydrogen) atoms. The third kappa shape index (κ3) is 5.19. The van der Waals surface area contributed by atoms with Gasteiger partial charge in [-0.15, -0.1) is 0 Å². The number of benzene rings is 2. The van der Waals surface area contributed by atoms with Crippen molar-refractivity contribution in [3.63, 3.8) is 0 Å². The van der Waals surface area contributed by atoms with Crippen molar-refractivity contribution in [1.29, 1.82) is 0 Å². The Morgan fingerprint density at radius 3 is 2.52 bits per heavy atom. The van der Waals surface area contributed by atoms with E-state index in [0.717, 1.165) is 6.42 Å². The number of carbonyl (C=O) groups is 1. The van der Waals surface area contributed by atoms with E-state index in [1.165, 1.54) is 23.8 Å². The van der Waals surface area contributed by atoms with Crippen molar-refractivity contribution in [2.75, 3.05) is 11.9 Å². The molecule has 0 aliphatic carbocycles. The molecule has 2 aromatic carbocycles. The van der Waals surface area contributed by atoms with Crippen LogP contribution in [0.15, 0.2) is 42.5 Å². The van der Waals surface area contributed by atoms with Crippen LogP contribution >= 0.6 is 11.6 Å². The van der Waals surface area contributed by atoms with Crippen LogP contribution in [-0.2, 0) is 4.79 Å². The van der Waals surface area contributed by atoms with Crippen LogP contribution in [-0.4, -0.2) is 17.4 Å². The number of nitrogens with zero attached hydrogens (tertiary/aromatic N) is 1. The van der Waals surface area contributed by atoms with Crippen LogP contribution in [0.4, 0.5) is 11.4 Å². The molecule has 2 aromatic rings. The fraction of sp³-hybridized carbons (Fsp3) is 0.278. The van der Waals surface area contributed by atoms with E-state index in [0.29, 0.717) is 17.4 Å². The van der Waals surface area contributed by atoms with E-state index >= 15 is 0 Å². The monoisotopic (exact) mass is 362 g/mol. The summed E-state index contributed by atoms with van der Waals surface area (Å²) >= 11 is 5.94. The molecule has 6 nitrogen and oxygen atoms in total. The first-order valence-electron chi connectivity index (χ1n) is 7.87. The number of halogens is 1. The third-order valence-corrected chi connectivity index (χ3v) is 4.18. The number of hydrogen-bond donors (Lipinski definition) is 1. The quantitative estimate of drug-likeness (QED) is 0.567. The molecule has 0 aromatic heterocycles. The van der Waals surface area contributed by atoms with Gasteiger partial charge in [-0.3, -0.25) is 14.9 Å². The lowest BCUT2D eigenvalue weighted by Gasteiger charge is -2.11. The van der Waals surface area contributed by atoms with Crippen molar-refractivity contribution in [2.45, 2.75) is 26.2 Å². The average Bonchev–Trinajstić information content (AvgIpc) is 2.61. The molecule has 0 spiro atoms. The van der Waals surface area contributed by atoms with Gasteiger partial charge in [0.15, 0.2) is 6.61 Å². The molecule has 0 aliphatic heterocycles. The number of nitrogens with one attached hydrogen (secondary N) is 1. The molecule has 1 N–H and O–H groups in total. The van der Waals surface area contributed by atoms with E-state index in [1.807, 2.05) is 24.3 Å². The van der Waals surface area contributed by atoms with Crippen molar-refractivity contribution >= 4 is 28.9 Å². The molecule has 0 heterocycles. The van der Waals surface area contributed by atoms with Gasteiger partial charge in [0.05, 0.1) is 15.6 Å². The maximum Gasteiger partial charge on any atom is 0.271 e. The van der Waals surface area contributed by atoms with Crippen LogP contribution in [0.3, 0.4) is 0 Å². The van der Waals surface area contributed by atoms with E-state index in [2.05, 4.69) is 19.2 Å². The SMILES string of the molecule is CC[C@@H](C)c1ccc(OCC(=O)Nc2ccc([N+](=O)[O-])cc2Cl)cc1. The minimum absolute atomic E-state index is 0.0976. The number of carbonyl (C=O) groups excluding carboxylic acids is 1. The molecule has 0 unspecified atom stereocenters. The highest BCUT2D eigenvalue weighted by atomic mass is 35.5. The van der Waals surface area contributed by atoms with Crippen LogP contribution in [0.2, 0.25) is 5.02 Å². The predicted molar refractivity (Wildman–Crippen MR) is 97.4 cm³/mol. The summed E-state index contributed by atoms with van der Waals surface area (Å²) < 4.78 is 5.45. The topological polar surface area (TPSA) is 81.5 Å². The second kappa shape index (κ2) is 8.48. The molecule has 2 rings (SSSR count). The van der Waals surface area contributed by atoms with Crippen LogP contribution in [0, 0.1) is 10.1 Å². The van der Waals surface area contributed by atoms with Gasteiger partial charge in [0, 0.05) is 12.1 Å². The van der Waals surface area contributed by atoms with Gasteiger partial charge in [0.1, 0.15) is 5.75 Å². The zero-order valence-corrected chi connectivity index (χ0v) is 14.7. The average molecular weight is 363 g/mol. The first-order chi connectivity index (χ1) is 11.9. The molecule has 7 heteroatoms. The highest BCUT2D eigenvalue weighted by molar-refractivity contribution is 6.34. The second-order valence-electron chi connectivity index (χ2n) is 5.64. The summed E-state index contributed by atoms with van der Waals surface area (Å²) in [7, 11) is 0. The summed E-state index contributed by atoms with van der Waals surface area (Å²) in [6.07, 6.45) is 1.05. The zero-order chi connectivity index (χ0) is 18.4. The standard InChI is InChI=1S/C18H19ClN2O4/c1-3-12(2)13-4-7-15(8-5-13)25-11-18(22)20-17-9-6-14(21(23)24)10-16(17)19/h4-10,12H,3,11H2,1-2H3,(H,20,22)/t12-/m1/s1. The van der Waals surface area contributed by atoms with E-state index in [4.69, 9.17) is 16.3 Å². The summed E-state index contributed by atoms with van der Waals surface area (Å²) in [6, 6.07) is 11.5. The molecule has 0 saturated heterocycles. The highest BCUT2D eigenvalue weighted by Gasteiger charge is 2.12. The molecule has 132 valence electrons. The Bertz CT molecular complexity index is 762. The normalized spacial score (nSPS) is 11.6. The summed E-state index contributed by atoms with van der Waals surface area (Å²) in [5.41, 5.74) is 1.38. The van der Waals surface area contributed by atoms with Crippen LogP contribution < -0.4 is 10.1 Å². The Morgan fingerprint density at radius 2 is 1.96 bits per heavy atom. The molecular weight excluding hydrogens is 344 g/mol. The van der Waals surface area contributed by atoms with Gasteiger partial charge in [-0.05, 0) is 36.1 Å². The number of nitro benzene ring substituents is 1. The summed E-state index contributed by atoms with van der Waals surface area (Å²) in [5.74, 6) is 0.667. The van der Waals surface area contributed by atoms with Crippen LogP contribution in [0.1, 0.15) is 31.7 Å². The first-order valence-corrected chi connectivity index (χ1v) is 8.25. The number of anilines is 1. The summed E-state index contributed by atoms with van der Waals surface area (Å²) in [6.45, 7) is 4.09. The Hall–Kier alpha value is -2.60. The highest BCUT2D eigenvalue weighted by Crippen LogP contribution is 2.26. The lowest BCUT2D eigenvalue weighted by atomic mass is 9.99. The molecular formula is C18H19ClN2O4. The maximum absolute atomic E-state index is 11.9. The Labute approximate surface area is 150 Å². The first kappa shape index (κ1) is 18.7. The molecule has 0 saturated carbocycles. The largest absolute Gasteiger partial charge is 0.484 e. The Morgan fingerprint density at radius 1 is 1.28 bits per heavy atom. The molecule has 0 aliphatic rings. The number of non-ortho nitro benzene ring substituents is 1. The lowest BCUT2D eigenvalue weighted by molar-refractivity contribution is -0.384. The smallest absolute Gasteiger partial charge is 0.271 e. The van der Waals surface area contributed by atoms with Gasteiger partial charge in [-0.2, -0.15) is 0 Å². The van der Waals surface area contributed by atoms with E-state index in [9.17, 15) is 14.9 Å². The molecule has 0 fully saturated rings. The lowest BCUT2D eigenvalue weighted by Crippen LogP contribution is -2.20. The number of rotatable bonds is 7. The van der Waals surface area contributed by atoms with Gasteiger partial charge in [0.2, 0.25) is 0 Å². The number of nitro groups is 1. The van der Waals surface area contributed by atoms with E-state index < -0.39 is 10.8 Å². The van der Waals surface area contributed by atoms with Crippen molar-refractivity contribution in [3.05, 3.63) is 63.2 Å². The number of amides is 1. The molecule has 1 amide bonds. The van der Waals surface area contributed by atoms with Crippen LogP contribution in [0.25, 0.3) is 0 Å². The Kier molecular flexibility index (Phi) is 6.36. The van der Waals surface area contributed by atoms with E-state index in [-0.39, 0.29) is 17.3 Å². The van der Waals surface area contributed by atoms with Crippen molar-refractivity contribution in [2.24, 2.45) is 0 Å². The van der Waals surface area contributed by atoms with Crippen molar-refractivity contribution < 1.29 is 14.5 Å². The van der Waals surface area contributed by atoms with Gasteiger partial charge >= 0.3 is 0 Å². The van der Waals surface area contributed by atoms with Crippen LogP contribution in [0.5, 0.6) is 5.75 Å². The molecule has 0 radical (unpaired) electrons. The van der Waals surface area contributed by atoms with Gasteiger partial charge in [0.25, 0.3) is 11.6 Å². The molecule has 0 bridgehead atoms. The zero-order valence-electron chi connectivity index (χ0n) is 14.0. The van der Waals surface area contributed by atoms with Crippen molar-refractivity contribution in [1.82, 2.24) is 0 Å². The number of ether oxygens (including phenoxy) is 1. The van der Waals surface area contributed by atoms with E-state index in [1.54, 1.807) is 0 Å². The maximum atomic E-state index is 11.9. The third-order valence-electron chi connectivity index (χ3n) is 3.87. The fourth-order valence-electron chi connectivity index (χ4n) is 2.18. The minimum atomic E-state index is -0.552.